The third-order valence-corrected chi connectivity index (χ3v) is 11.5. The lowest BCUT2D eigenvalue weighted by Gasteiger charge is -2.23. The Morgan fingerprint density at radius 1 is 0.306 bits per heavy atom. The van der Waals surface area contributed by atoms with Crippen LogP contribution in [0.3, 0.4) is 0 Å². The molecule has 0 aliphatic heterocycles. The molecule has 0 atom stereocenters. The topological polar surface area (TPSA) is 0 Å². The molecule has 10 aromatic rings. The molecule has 0 amide bonds. The van der Waals surface area contributed by atoms with Crippen molar-refractivity contribution < 1.29 is 0 Å². The van der Waals surface area contributed by atoms with Crippen molar-refractivity contribution in [2.75, 3.05) is 0 Å². The predicted molar refractivity (Wildman–Crippen MR) is 211 cm³/mol. The molecule has 49 heavy (non-hydrogen) atoms. The van der Waals surface area contributed by atoms with E-state index in [4.69, 9.17) is 0 Å². The van der Waals surface area contributed by atoms with Gasteiger partial charge < -0.3 is 0 Å². The number of fused-ring (bicyclic) bond motifs is 8. The van der Waals surface area contributed by atoms with Crippen LogP contribution in [0.1, 0.15) is 25.0 Å². The van der Waals surface area contributed by atoms with E-state index < -0.39 is 0 Å². The summed E-state index contributed by atoms with van der Waals surface area (Å²) in [5.41, 5.74) is 10.5. The second-order valence-corrected chi connectivity index (χ2v) is 14.5. The van der Waals surface area contributed by atoms with Crippen LogP contribution in [0.25, 0.3) is 98.0 Å². The van der Waals surface area contributed by atoms with Gasteiger partial charge in [-0.25, -0.2) is 0 Å². The fraction of sp³-hybridized carbons (Fsp3) is 0.0612. The minimum absolute atomic E-state index is 0.116. The first kappa shape index (κ1) is 27.0. The Morgan fingerprint density at radius 3 is 1.47 bits per heavy atom. The zero-order chi connectivity index (χ0) is 32.4. The van der Waals surface area contributed by atoms with Gasteiger partial charge in [0.05, 0.1) is 0 Å². The van der Waals surface area contributed by atoms with E-state index >= 15 is 0 Å². The Labute approximate surface area is 285 Å². The average molecular weight is 621 g/mol. The number of hydrogen-bond donors (Lipinski definition) is 0. The molecule has 10 aromatic carbocycles. The molecule has 0 radical (unpaired) electrons. The molecule has 228 valence electrons. The van der Waals surface area contributed by atoms with Crippen LogP contribution in [0.5, 0.6) is 0 Å². The van der Waals surface area contributed by atoms with Crippen molar-refractivity contribution in [1.82, 2.24) is 0 Å². The maximum absolute atomic E-state index is 2.45. The largest absolute Gasteiger partial charge is 0.0616 e. The molecule has 0 aromatic heterocycles. The van der Waals surface area contributed by atoms with Crippen LogP contribution in [0.15, 0.2) is 158 Å². The highest BCUT2D eigenvalue weighted by Crippen LogP contribution is 2.51. The monoisotopic (exact) mass is 620 g/mol. The summed E-state index contributed by atoms with van der Waals surface area (Å²) in [6.45, 7) is 4.79. The van der Waals surface area contributed by atoms with Gasteiger partial charge in [0.15, 0.2) is 0 Å². The number of benzene rings is 10. The van der Waals surface area contributed by atoms with E-state index in [-0.39, 0.29) is 5.41 Å². The van der Waals surface area contributed by atoms with Gasteiger partial charge in [-0.1, -0.05) is 141 Å². The normalized spacial score (nSPS) is 13.7. The molecule has 0 N–H and O–H groups in total. The van der Waals surface area contributed by atoms with E-state index in [1.165, 1.54) is 109 Å². The summed E-state index contributed by atoms with van der Waals surface area (Å²) in [4.78, 5) is 0. The van der Waals surface area contributed by atoms with Crippen molar-refractivity contribution in [2.45, 2.75) is 19.3 Å². The summed E-state index contributed by atoms with van der Waals surface area (Å²) < 4.78 is 0. The fourth-order valence-corrected chi connectivity index (χ4v) is 9.01. The standard InChI is InChI=1S/C49H32/c1-49(2)45-27-34(33-13-10-30-17-20-40-39-9-4-3-6-29(39)16-21-41(40)44(30)26-33)18-22-42(45)43-23-19-35(28-46(43)49)38-24-36-14-11-31-7-5-8-32-12-15-37(25-38)48(36)47(31)32/h3-28H,1-2H3. The van der Waals surface area contributed by atoms with Crippen molar-refractivity contribution in [2.24, 2.45) is 0 Å². The van der Waals surface area contributed by atoms with Crippen LogP contribution in [0.4, 0.5) is 0 Å². The summed E-state index contributed by atoms with van der Waals surface area (Å²) in [6.07, 6.45) is 0. The molecule has 11 rings (SSSR count). The van der Waals surface area contributed by atoms with E-state index in [2.05, 4.69) is 172 Å². The van der Waals surface area contributed by atoms with Gasteiger partial charge in [-0.15, -0.1) is 0 Å². The first-order chi connectivity index (χ1) is 24.0. The smallest absolute Gasteiger partial charge is 0.0159 e. The molecule has 0 saturated heterocycles. The van der Waals surface area contributed by atoms with E-state index in [0.29, 0.717) is 0 Å². The summed E-state index contributed by atoms with van der Waals surface area (Å²) >= 11 is 0. The van der Waals surface area contributed by atoms with Crippen molar-refractivity contribution in [3.63, 3.8) is 0 Å². The first-order valence-corrected chi connectivity index (χ1v) is 17.3. The van der Waals surface area contributed by atoms with Crippen molar-refractivity contribution in [1.29, 1.82) is 0 Å². The molecular weight excluding hydrogens is 589 g/mol. The quantitative estimate of drug-likeness (QED) is 0.169. The molecule has 0 heterocycles. The SMILES string of the molecule is CC1(C)c2cc(-c3cc4ccc5cccc6ccc(c3)c4c56)ccc2-c2ccc(-c3ccc4ccc5c6ccccc6ccc5c4c3)cc21. The van der Waals surface area contributed by atoms with Gasteiger partial charge in [0.2, 0.25) is 0 Å². The van der Waals surface area contributed by atoms with Crippen LogP contribution >= 0.6 is 0 Å². The minimum Gasteiger partial charge on any atom is -0.0616 e. The van der Waals surface area contributed by atoms with Gasteiger partial charge in [-0.2, -0.15) is 0 Å². The molecule has 0 nitrogen and oxygen atoms in total. The van der Waals surface area contributed by atoms with Crippen LogP contribution in [-0.2, 0) is 5.41 Å². The van der Waals surface area contributed by atoms with Gasteiger partial charge in [0, 0.05) is 5.41 Å². The average Bonchev–Trinajstić information content (AvgIpc) is 3.38. The fourth-order valence-electron chi connectivity index (χ4n) is 9.01. The molecule has 0 heteroatoms. The Bertz CT molecular complexity index is 2950. The van der Waals surface area contributed by atoms with Crippen molar-refractivity contribution in [3.8, 4) is 33.4 Å². The zero-order valence-corrected chi connectivity index (χ0v) is 27.5. The van der Waals surface area contributed by atoms with Crippen LogP contribution in [0, 0.1) is 0 Å². The first-order valence-electron chi connectivity index (χ1n) is 17.3. The lowest BCUT2D eigenvalue weighted by Crippen LogP contribution is -2.15. The Morgan fingerprint density at radius 2 is 0.776 bits per heavy atom. The summed E-state index contributed by atoms with van der Waals surface area (Å²) in [6, 6.07) is 59.5. The Balaban J connectivity index is 1.02. The molecule has 1 aliphatic rings. The Kier molecular flexibility index (Phi) is 5.27. The lowest BCUT2D eigenvalue weighted by atomic mass is 9.80. The van der Waals surface area contributed by atoms with Crippen LogP contribution in [-0.4, -0.2) is 0 Å². The highest BCUT2D eigenvalue weighted by molar-refractivity contribution is 6.24. The maximum Gasteiger partial charge on any atom is 0.0159 e. The summed E-state index contributed by atoms with van der Waals surface area (Å²) in [7, 11) is 0. The maximum atomic E-state index is 2.45. The summed E-state index contributed by atoms with van der Waals surface area (Å²) in [5, 5.41) is 15.8. The Hall–Kier alpha value is -5.98. The van der Waals surface area contributed by atoms with Gasteiger partial charge in [-0.05, 0) is 139 Å². The molecule has 0 bridgehead atoms. The van der Waals surface area contributed by atoms with E-state index in [1.54, 1.807) is 0 Å². The van der Waals surface area contributed by atoms with Crippen molar-refractivity contribution in [3.05, 3.63) is 169 Å². The van der Waals surface area contributed by atoms with E-state index in [9.17, 15) is 0 Å². The lowest BCUT2D eigenvalue weighted by molar-refractivity contribution is 0.661. The second-order valence-electron chi connectivity index (χ2n) is 14.5. The van der Waals surface area contributed by atoms with E-state index in [1.807, 2.05) is 0 Å². The third-order valence-electron chi connectivity index (χ3n) is 11.5. The highest BCUT2D eigenvalue weighted by atomic mass is 14.4. The van der Waals surface area contributed by atoms with Crippen LogP contribution < -0.4 is 0 Å². The van der Waals surface area contributed by atoms with Gasteiger partial charge >= 0.3 is 0 Å². The second kappa shape index (κ2) is 9.56. The number of rotatable bonds is 2. The minimum atomic E-state index is -0.116. The summed E-state index contributed by atoms with van der Waals surface area (Å²) in [5.74, 6) is 0. The predicted octanol–water partition coefficient (Wildman–Crippen LogP) is 13.7. The molecule has 0 unspecified atom stereocenters. The molecule has 0 saturated carbocycles. The molecule has 0 fully saturated rings. The number of hydrogen-bond acceptors (Lipinski definition) is 0. The highest BCUT2D eigenvalue weighted by Gasteiger charge is 2.36. The third kappa shape index (κ3) is 3.75. The molecule has 0 spiro atoms. The molecular formula is C49H32. The van der Waals surface area contributed by atoms with Crippen molar-refractivity contribution >= 4 is 64.6 Å². The van der Waals surface area contributed by atoms with E-state index in [0.717, 1.165) is 0 Å². The van der Waals surface area contributed by atoms with Gasteiger partial charge in [0.25, 0.3) is 0 Å². The zero-order valence-electron chi connectivity index (χ0n) is 27.5. The molecule has 1 aliphatic carbocycles. The van der Waals surface area contributed by atoms with Gasteiger partial charge in [0.1, 0.15) is 0 Å². The van der Waals surface area contributed by atoms with Crippen LogP contribution in [0.2, 0.25) is 0 Å². The van der Waals surface area contributed by atoms with Gasteiger partial charge in [-0.3, -0.25) is 0 Å².